The van der Waals surface area contributed by atoms with Gasteiger partial charge < -0.3 is 4.57 Å². The molecular weight excluding hydrogens is 388 g/mol. The van der Waals surface area contributed by atoms with E-state index in [0.717, 1.165) is 10.2 Å². The average molecular weight is 407 g/mol. The molecule has 136 valence electrons. The van der Waals surface area contributed by atoms with Gasteiger partial charge in [-0.3, -0.25) is 0 Å². The molecule has 0 amide bonds. The topological polar surface area (TPSA) is 51.4 Å². The number of allylic oxidation sites excluding steroid dienone is 1. The summed E-state index contributed by atoms with van der Waals surface area (Å²) < 4.78 is 32.3. The molecule has 7 heteroatoms. The monoisotopic (exact) mass is 406 g/mol. The van der Waals surface area contributed by atoms with E-state index in [9.17, 15) is 8.42 Å². The number of hydrogen-bond donors (Lipinski definition) is 0. The second-order valence-electron chi connectivity index (χ2n) is 6.19. The van der Waals surface area contributed by atoms with E-state index in [4.69, 9.17) is 11.6 Å². The number of fused-ring (bicyclic) bond motifs is 1. The summed E-state index contributed by atoms with van der Waals surface area (Å²) in [5.74, 6) is 0.396. The maximum absolute atomic E-state index is 12.7. The fourth-order valence-electron chi connectivity index (χ4n) is 2.59. The van der Waals surface area contributed by atoms with E-state index in [1.807, 2.05) is 10.6 Å². The predicted octanol–water partition coefficient (Wildman–Crippen LogP) is 4.96. The van der Waals surface area contributed by atoms with Crippen molar-refractivity contribution < 1.29 is 8.42 Å². The van der Waals surface area contributed by atoms with Crippen LogP contribution in [-0.2, 0) is 16.6 Å². The van der Waals surface area contributed by atoms with Gasteiger partial charge in [-0.05, 0) is 47.9 Å². The summed E-state index contributed by atoms with van der Waals surface area (Å²) in [5.41, 5.74) is 2.15. The molecule has 3 rings (SSSR count). The van der Waals surface area contributed by atoms with Gasteiger partial charge in [-0.25, -0.2) is 0 Å². The zero-order chi connectivity index (χ0) is 18.9. The van der Waals surface area contributed by atoms with Gasteiger partial charge in [0.15, 0.2) is 0 Å². The van der Waals surface area contributed by atoms with Gasteiger partial charge in [0.25, 0.3) is 10.0 Å². The fourth-order valence-corrected chi connectivity index (χ4v) is 5.00. The molecule has 0 spiro atoms. The van der Waals surface area contributed by atoms with Crippen LogP contribution in [0.2, 0.25) is 5.02 Å². The fraction of sp³-hybridized carbons (Fsp3) is 0.211. The van der Waals surface area contributed by atoms with Gasteiger partial charge in [0, 0.05) is 11.6 Å². The van der Waals surface area contributed by atoms with Crippen molar-refractivity contribution in [2.24, 2.45) is 4.40 Å². The molecule has 0 aliphatic rings. The first-order valence-electron chi connectivity index (χ1n) is 8.12. The minimum atomic E-state index is -3.82. The lowest BCUT2D eigenvalue weighted by atomic mass is 10.0. The molecule has 4 nitrogen and oxygen atoms in total. The van der Waals surface area contributed by atoms with Crippen molar-refractivity contribution in [3.63, 3.8) is 0 Å². The molecule has 0 bridgehead atoms. The Balaban J connectivity index is 2.22. The largest absolute Gasteiger partial charge is 0.312 e. The summed E-state index contributed by atoms with van der Waals surface area (Å²) in [6, 6.07) is 12.2. The smallest absolute Gasteiger partial charge is 0.285 e. The third kappa shape index (κ3) is 3.77. The van der Waals surface area contributed by atoms with Crippen LogP contribution < -0.4 is 4.80 Å². The van der Waals surface area contributed by atoms with Gasteiger partial charge in [0.05, 0.1) is 15.1 Å². The van der Waals surface area contributed by atoms with Crippen LogP contribution in [0.3, 0.4) is 0 Å². The molecule has 0 fully saturated rings. The zero-order valence-electron chi connectivity index (χ0n) is 14.5. The molecule has 0 atom stereocenters. The Bertz CT molecular complexity index is 1120. The normalized spacial score (nSPS) is 12.8. The van der Waals surface area contributed by atoms with E-state index >= 15 is 0 Å². The minimum absolute atomic E-state index is 0.118. The molecule has 0 unspecified atom stereocenters. The number of rotatable bonds is 5. The predicted molar refractivity (Wildman–Crippen MR) is 108 cm³/mol. The number of hydrogen-bond acceptors (Lipinski definition) is 3. The number of sulfonamides is 1. The van der Waals surface area contributed by atoms with Gasteiger partial charge in [0.2, 0.25) is 4.80 Å². The lowest BCUT2D eigenvalue weighted by Gasteiger charge is -2.06. The maximum Gasteiger partial charge on any atom is 0.285 e. The second-order valence-corrected chi connectivity index (χ2v) is 9.24. The molecule has 0 aliphatic carbocycles. The van der Waals surface area contributed by atoms with Crippen LogP contribution >= 0.6 is 22.9 Å². The van der Waals surface area contributed by atoms with Gasteiger partial charge in [-0.15, -0.1) is 11.0 Å². The quantitative estimate of drug-likeness (QED) is 0.562. The van der Waals surface area contributed by atoms with E-state index in [2.05, 4.69) is 37.0 Å². The Labute approximate surface area is 162 Å². The van der Waals surface area contributed by atoms with Crippen LogP contribution in [0.5, 0.6) is 0 Å². The number of benzene rings is 2. The molecule has 3 aromatic rings. The Kier molecular flexibility index (Phi) is 5.37. The van der Waals surface area contributed by atoms with Crippen molar-refractivity contribution in [2.45, 2.75) is 31.2 Å². The number of halogens is 1. The first-order chi connectivity index (χ1) is 12.3. The van der Waals surface area contributed by atoms with Crippen LogP contribution in [0.4, 0.5) is 0 Å². The molecule has 26 heavy (non-hydrogen) atoms. The molecule has 0 aliphatic heterocycles. The van der Waals surface area contributed by atoms with Crippen LogP contribution in [0.1, 0.15) is 25.3 Å². The zero-order valence-corrected chi connectivity index (χ0v) is 16.9. The Morgan fingerprint density at radius 3 is 2.54 bits per heavy atom. The molecule has 0 saturated carbocycles. The standard InChI is InChI=1S/C19H19ClN2O2S2/c1-4-11-22-17-10-5-14(13(2)3)12-18(17)25-19(22)21-26(23,24)16-8-6-15(20)7-9-16/h4-10,12-13H,1,11H2,2-3H3/b21-19-. The molecule has 0 radical (unpaired) electrons. The van der Waals surface area contributed by atoms with E-state index in [-0.39, 0.29) is 4.90 Å². The van der Waals surface area contributed by atoms with Crippen molar-refractivity contribution in [3.8, 4) is 0 Å². The Morgan fingerprint density at radius 1 is 1.23 bits per heavy atom. The number of nitrogens with zero attached hydrogens (tertiary/aromatic N) is 2. The first kappa shape index (κ1) is 18.9. The third-order valence-corrected chi connectivity index (χ3v) is 6.68. The highest BCUT2D eigenvalue weighted by Gasteiger charge is 2.15. The van der Waals surface area contributed by atoms with Crippen molar-refractivity contribution in [3.05, 3.63) is 70.5 Å². The van der Waals surface area contributed by atoms with Crippen molar-refractivity contribution in [1.29, 1.82) is 0 Å². The van der Waals surface area contributed by atoms with Crippen molar-refractivity contribution in [1.82, 2.24) is 4.57 Å². The Morgan fingerprint density at radius 2 is 1.92 bits per heavy atom. The molecule has 0 N–H and O–H groups in total. The van der Waals surface area contributed by atoms with Gasteiger partial charge in [0.1, 0.15) is 0 Å². The third-order valence-electron chi connectivity index (χ3n) is 3.99. The summed E-state index contributed by atoms with van der Waals surface area (Å²) in [4.78, 5) is 0.545. The van der Waals surface area contributed by atoms with Crippen LogP contribution in [0.25, 0.3) is 10.2 Å². The molecule has 0 saturated heterocycles. The second kappa shape index (κ2) is 7.39. The summed E-state index contributed by atoms with van der Waals surface area (Å²) in [5, 5.41) is 0.480. The van der Waals surface area contributed by atoms with Gasteiger partial charge in [-0.1, -0.05) is 48.9 Å². The Hall–Kier alpha value is -1.89. The van der Waals surface area contributed by atoms with Gasteiger partial charge in [-0.2, -0.15) is 8.42 Å². The number of aromatic nitrogens is 1. The summed E-state index contributed by atoms with van der Waals surface area (Å²) in [6.45, 7) is 8.51. The highest BCUT2D eigenvalue weighted by molar-refractivity contribution is 7.90. The van der Waals surface area contributed by atoms with Gasteiger partial charge >= 0.3 is 0 Å². The van der Waals surface area contributed by atoms with Crippen LogP contribution in [0, 0.1) is 0 Å². The highest BCUT2D eigenvalue weighted by Crippen LogP contribution is 2.24. The molecule has 1 aromatic heterocycles. The van der Waals surface area contributed by atoms with E-state index in [0.29, 0.717) is 22.3 Å². The van der Waals surface area contributed by atoms with Crippen molar-refractivity contribution >= 4 is 43.2 Å². The maximum atomic E-state index is 12.7. The lowest BCUT2D eigenvalue weighted by molar-refractivity contribution is 0.596. The van der Waals surface area contributed by atoms with E-state index < -0.39 is 10.0 Å². The molecule has 2 aromatic carbocycles. The van der Waals surface area contributed by atoms with Crippen molar-refractivity contribution in [2.75, 3.05) is 0 Å². The molecule has 1 heterocycles. The lowest BCUT2D eigenvalue weighted by Crippen LogP contribution is -2.16. The van der Waals surface area contributed by atoms with Crippen LogP contribution in [-0.4, -0.2) is 13.0 Å². The van der Waals surface area contributed by atoms with Crippen LogP contribution in [0.15, 0.2) is 64.4 Å². The van der Waals surface area contributed by atoms with E-state index in [1.54, 1.807) is 18.2 Å². The first-order valence-corrected chi connectivity index (χ1v) is 10.8. The highest BCUT2D eigenvalue weighted by atomic mass is 35.5. The summed E-state index contributed by atoms with van der Waals surface area (Å²) >= 11 is 7.21. The average Bonchev–Trinajstić information content (AvgIpc) is 2.91. The number of thiazole rings is 1. The summed E-state index contributed by atoms with van der Waals surface area (Å²) in [7, 11) is -3.82. The van der Waals surface area contributed by atoms with E-state index in [1.165, 1.54) is 29.0 Å². The molecular formula is C19H19ClN2O2S2. The summed E-state index contributed by atoms with van der Waals surface area (Å²) in [6.07, 6.45) is 1.73. The minimum Gasteiger partial charge on any atom is -0.312 e. The SMILES string of the molecule is C=CCn1/c(=N/S(=O)(=O)c2ccc(Cl)cc2)sc2cc(C(C)C)ccc21.